The molecule has 1 atom stereocenters. The van der Waals surface area contributed by atoms with Gasteiger partial charge in [0.25, 0.3) is 5.91 Å². The molecule has 1 amide bonds. The van der Waals surface area contributed by atoms with E-state index in [-0.39, 0.29) is 5.91 Å². The van der Waals surface area contributed by atoms with Crippen molar-refractivity contribution >= 4 is 11.6 Å². The first-order valence-corrected chi connectivity index (χ1v) is 5.64. The van der Waals surface area contributed by atoms with Crippen LogP contribution in [-0.4, -0.2) is 12.5 Å². The minimum atomic E-state index is -0.0557. The molecule has 0 bridgehead atoms. The van der Waals surface area contributed by atoms with E-state index in [4.69, 9.17) is 5.73 Å². The molecule has 0 aliphatic rings. The molecular formula is C13H20N2O. The molecule has 1 unspecified atom stereocenters. The summed E-state index contributed by atoms with van der Waals surface area (Å²) in [5, 5.41) is 2.91. The Morgan fingerprint density at radius 2 is 2.06 bits per heavy atom. The molecule has 0 heterocycles. The average molecular weight is 220 g/mol. The summed E-state index contributed by atoms with van der Waals surface area (Å²) in [5.41, 5.74) is 6.86. The topological polar surface area (TPSA) is 55.1 Å². The van der Waals surface area contributed by atoms with Crippen molar-refractivity contribution in [3.8, 4) is 0 Å². The number of amides is 1. The van der Waals surface area contributed by atoms with Crippen molar-refractivity contribution in [3.63, 3.8) is 0 Å². The summed E-state index contributed by atoms with van der Waals surface area (Å²) in [4.78, 5) is 11.8. The Morgan fingerprint density at radius 1 is 1.38 bits per heavy atom. The van der Waals surface area contributed by atoms with Gasteiger partial charge in [-0.2, -0.15) is 0 Å². The lowest BCUT2D eigenvalue weighted by Crippen LogP contribution is -2.30. The van der Waals surface area contributed by atoms with Crippen molar-refractivity contribution in [2.24, 2.45) is 11.8 Å². The Labute approximate surface area is 97.0 Å². The summed E-state index contributed by atoms with van der Waals surface area (Å²) < 4.78 is 0. The van der Waals surface area contributed by atoms with Gasteiger partial charge in [0.05, 0.1) is 0 Å². The second kappa shape index (κ2) is 5.54. The highest BCUT2D eigenvalue weighted by molar-refractivity contribution is 5.94. The third-order valence-electron chi connectivity index (χ3n) is 2.87. The van der Waals surface area contributed by atoms with Gasteiger partial charge >= 0.3 is 0 Å². The first-order valence-electron chi connectivity index (χ1n) is 5.64. The lowest BCUT2D eigenvalue weighted by molar-refractivity contribution is 0.0945. The predicted octanol–water partition coefficient (Wildman–Crippen LogP) is 2.29. The van der Waals surface area contributed by atoms with Gasteiger partial charge < -0.3 is 11.1 Å². The number of rotatable bonds is 4. The van der Waals surface area contributed by atoms with Crippen LogP contribution >= 0.6 is 0 Å². The second-order valence-corrected chi connectivity index (χ2v) is 4.56. The van der Waals surface area contributed by atoms with Gasteiger partial charge in [0.1, 0.15) is 0 Å². The minimum absolute atomic E-state index is 0.0557. The summed E-state index contributed by atoms with van der Waals surface area (Å²) in [6, 6.07) is 7.02. The van der Waals surface area contributed by atoms with E-state index >= 15 is 0 Å². The van der Waals surface area contributed by atoms with Crippen molar-refractivity contribution in [1.29, 1.82) is 0 Å². The fourth-order valence-electron chi connectivity index (χ4n) is 1.27. The molecule has 1 aromatic carbocycles. The molecule has 0 radical (unpaired) electrons. The minimum Gasteiger partial charge on any atom is -0.399 e. The molecular weight excluding hydrogens is 200 g/mol. The van der Waals surface area contributed by atoms with E-state index in [1.165, 1.54) is 0 Å². The van der Waals surface area contributed by atoms with Crippen LogP contribution in [0.3, 0.4) is 0 Å². The summed E-state index contributed by atoms with van der Waals surface area (Å²) in [6.45, 7) is 7.13. The van der Waals surface area contributed by atoms with E-state index in [1.54, 1.807) is 24.3 Å². The lowest BCUT2D eigenvalue weighted by Gasteiger charge is -2.16. The van der Waals surface area contributed by atoms with Crippen molar-refractivity contribution in [1.82, 2.24) is 5.32 Å². The SMILES string of the molecule is CC(C)C(C)CNC(=O)c1cccc(N)c1. The zero-order valence-corrected chi connectivity index (χ0v) is 10.2. The molecule has 0 saturated carbocycles. The number of nitrogens with two attached hydrogens (primary N) is 1. The molecule has 0 aromatic heterocycles. The summed E-state index contributed by atoms with van der Waals surface area (Å²) in [6.07, 6.45) is 0. The van der Waals surface area contributed by atoms with Crippen molar-refractivity contribution in [2.45, 2.75) is 20.8 Å². The number of carbonyl (C=O) groups is 1. The maximum Gasteiger partial charge on any atom is 0.251 e. The maximum atomic E-state index is 11.8. The largest absolute Gasteiger partial charge is 0.399 e. The van der Waals surface area contributed by atoms with Gasteiger partial charge in [0, 0.05) is 17.8 Å². The van der Waals surface area contributed by atoms with Crippen LogP contribution in [0.4, 0.5) is 5.69 Å². The molecule has 3 heteroatoms. The number of hydrogen-bond acceptors (Lipinski definition) is 2. The highest BCUT2D eigenvalue weighted by atomic mass is 16.1. The van der Waals surface area contributed by atoms with Crippen LogP contribution in [0.1, 0.15) is 31.1 Å². The Balaban J connectivity index is 2.53. The van der Waals surface area contributed by atoms with Gasteiger partial charge in [-0.15, -0.1) is 0 Å². The number of anilines is 1. The highest BCUT2D eigenvalue weighted by Gasteiger charge is 2.10. The quantitative estimate of drug-likeness (QED) is 0.765. The highest BCUT2D eigenvalue weighted by Crippen LogP contribution is 2.09. The molecule has 3 nitrogen and oxygen atoms in total. The first-order chi connectivity index (χ1) is 7.50. The van der Waals surface area contributed by atoms with E-state index in [0.717, 1.165) is 0 Å². The van der Waals surface area contributed by atoms with Crippen LogP contribution in [0.25, 0.3) is 0 Å². The number of nitrogens with one attached hydrogen (secondary N) is 1. The number of hydrogen-bond donors (Lipinski definition) is 2. The number of benzene rings is 1. The van der Waals surface area contributed by atoms with Gasteiger partial charge in [-0.3, -0.25) is 4.79 Å². The summed E-state index contributed by atoms with van der Waals surface area (Å²) in [5.74, 6) is 0.992. The molecule has 88 valence electrons. The van der Waals surface area contributed by atoms with E-state index in [1.807, 2.05) is 0 Å². The van der Waals surface area contributed by atoms with Gasteiger partial charge in [0.2, 0.25) is 0 Å². The van der Waals surface area contributed by atoms with Crippen LogP contribution in [0.15, 0.2) is 24.3 Å². The molecule has 0 spiro atoms. The van der Waals surface area contributed by atoms with Crippen LogP contribution < -0.4 is 11.1 Å². The number of nitrogen functional groups attached to an aromatic ring is 1. The smallest absolute Gasteiger partial charge is 0.251 e. The second-order valence-electron chi connectivity index (χ2n) is 4.56. The van der Waals surface area contributed by atoms with Gasteiger partial charge in [-0.25, -0.2) is 0 Å². The summed E-state index contributed by atoms with van der Waals surface area (Å²) in [7, 11) is 0. The third-order valence-corrected chi connectivity index (χ3v) is 2.87. The molecule has 0 aliphatic carbocycles. The van der Waals surface area contributed by atoms with Crippen molar-refractivity contribution in [3.05, 3.63) is 29.8 Å². The zero-order valence-electron chi connectivity index (χ0n) is 10.2. The van der Waals surface area contributed by atoms with E-state index in [2.05, 4.69) is 26.1 Å². The Kier molecular flexibility index (Phi) is 4.35. The normalized spacial score (nSPS) is 12.5. The van der Waals surface area contributed by atoms with Crippen molar-refractivity contribution in [2.75, 3.05) is 12.3 Å². The standard InChI is InChI=1S/C13H20N2O/c1-9(2)10(3)8-15-13(16)11-5-4-6-12(14)7-11/h4-7,9-10H,8,14H2,1-3H3,(H,15,16). The summed E-state index contributed by atoms with van der Waals surface area (Å²) >= 11 is 0. The fraction of sp³-hybridized carbons (Fsp3) is 0.462. The lowest BCUT2D eigenvalue weighted by atomic mass is 9.98. The molecule has 3 N–H and O–H groups in total. The van der Waals surface area contributed by atoms with Gasteiger partial charge in [-0.05, 0) is 30.0 Å². The maximum absolute atomic E-state index is 11.8. The molecule has 1 rings (SSSR count). The fourth-order valence-corrected chi connectivity index (χ4v) is 1.27. The third kappa shape index (κ3) is 3.57. The molecule has 0 fully saturated rings. The van der Waals surface area contributed by atoms with Crippen LogP contribution in [0.5, 0.6) is 0 Å². The number of carbonyl (C=O) groups excluding carboxylic acids is 1. The van der Waals surface area contributed by atoms with E-state index in [9.17, 15) is 4.79 Å². The molecule has 1 aromatic rings. The van der Waals surface area contributed by atoms with Crippen molar-refractivity contribution < 1.29 is 4.79 Å². The Morgan fingerprint density at radius 3 is 2.62 bits per heavy atom. The molecule has 0 aliphatic heterocycles. The predicted molar refractivity (Wildman–Crippen MR) is 67.2 cm³/mol. The first kappa shape index (κ1) is 12.6. The van der Waals surface area contributed by atoms with Crippen LogP contribution in [0, 0.1) is 11.8 Å². The molecule has 16 heavy (non-hydrogen) atoms. The average Bonchev–Trinajstić information content (AvgIpc) is 2.25. The van der Waals surface area contributed by atoms with Crippen LogP contribution in [0.2, 0.25) is 0 Å². The van der Waals surface area contributed by atoms with Gasteiger partial charge in [0.15, 0.2) is 0 Å². The van der Waals surface area contributed by atoms with Gasteiger partial charge in [-0.1, -0.05) is 26.8 Å². The van der Waals surface area contributed by atoms with Crippen LogP contribution in [-0.2, 0) is 0 Å². The zero-order chi connectivity index (χ0) is 12.1. The Bertz CT molecular complexity index is 361. The molecule has 0 saturated heterocycles. The Hall–Kier alpha value is -1.51. The monoisotopic (exact) mass is 220 g/mol. The van der Waals surface area contributed by atoms with E-state index in [0.29, 0.717) is 29.6 Å². The van der Waals surface area contributed by atoms with E-state index < -0.39 is 0 Å².